The molecule has 4 heteroatoms. The summed E-state index contributed by atoms with van der Waals surface area (Å²) in [7, 11) is 0. The van der Waals surface area contributed by atoms with E-state index in [4.69, 9.17) is 0 Å². The van der Waals surface area contributed by atoms with E-state index < -0.39 is 0 Å². The maximum Gasteiger partial charge on any atom is 0.146 e. The Hall–Kier alpha value is -1.26. The van der Waals surface area contributed by atoms with E-state index in [9.17, 15) is 4.39 Å². The molecule has 2 heterocycles. The molecule has 1 aliphatic rings. The van der Waals surface area contributed by atoms with Crippen molar-refractivity contribution in [2.24, 2.45) is 0 Å². The molecule has 2 aromatic rings. The molecule has 1 aliphatic carbocycles. The molecular weight excluding hydrogens is 259 g/mol. The second kappa shape index (κ2) is 5.39. The molecule has 1 atom stereocenters. The predicted molar refractivity (Wildman–Crippen MR) is 76.1 cm³/mol. The van der Waals surface area contributed by atoms with E-state index in [-0.39, 0.29) is 11.9 Å². The van der Waals surface area contributed by atoms with Crippen LogP contribution in [0, 0.1) is 5.82 Å². The van der Waals surface area contributed by atoms with Gasteiger partial charge in [-0.3, -0.25) is 4.98 Å². The molecule has 1 unspecified atom stereocenters. The molecule has 0 spiro atoms. The topological polar surface area (TPSA) is 24.9 Å². The highest BCUT2D eigenvalue weighted by molar-refractivity contribution is 7.12. The average molecular weight is 276 g/mol. The van der Waals surface area contributed by atoms with Gasteiger partial charge in [0.05, 0.1) is 12.2 Å². The molecule has 0 saturated heterocycles. The molecule has 2 nitrogen and oxygen atoms in total. The highest BCUT2D eigenvalue weighted by atomic mass is 32.1. The molecule has 19 heavy (non-hydrogen) atoms. The summed E-state index contributed by atoms with van der Waals surface area (Å²) in [6.07, 6.45) is 6.56. The number of aryl methyl sites for hydroxylation is 2. The number of halogens is 1. The fraction of sp³-hybridized carbons (Fsp3) is 0.400. The average Bonchev–Trinajstić information content (AvgIpc) is 2.97. The Morgan fingerprint density at radius 3 is 3.11 bits per heavy atom. The van der Waals surface area contributed by atoms with Crippen LogP contribution in [0.25, 0.3) is 0 Å². The Bertz CT molecular complexity index is 558. The lowest BCUT2D eigenvalue weighted by molar-refractivity contribution is 0.558. The largest absolute Gasteiger partial charge is 0.306 e. The molecule has 0 aliphatic heterocycles. The van der Waals surface area contributed by atoms with Gasteiger partial charge < -0.3 is 5.32 Å². The van der Waals surface area contributed by atoms with Crippen molar-refractivity contribution >= 4 is 11.3 Å². The summed E-state index contributed by atoms with van der Waals surface area (Å²) in [6.45, 7) is 2.86. The van der Waals surface area contributed by atoms with Gasteiger partial charge in [0.25, 0.3) is 0 Å². The zero-order valence-corrected chi connectivity index (χ0v) is 11.8. The predicted octanol–water partition coefficient (Wildman–Crippen LogP) is 3.47. The third-order valence-corrected chi connectivity index (χ3v) is 4.88. The lowest BCUT2D eigenvalue weighted by Crippen LogP contribution is -2.22. The Morgan fingerprint density at radius 1 is 1.47 bits per heavy atom. The summed E-state index contributed by atoms with van der Waals surface area (Å²) in [5.41, 5.74) is 2.15. The van der Waals surface area contributed by atoms with E-state index in [1.807, 2.05) is 18.3 Å². The van der Waals surface area contributed by atoms with Gasteiger partial charge in [-0.15, -0.1) is 11.3 Å². The van der Waals surface area contributed by atoms with Crippen LogP contribution in [0.15, 0.2) is 24.5 Å². The van der Waals surface area contributed by atoms with E-state index in [1.165, 1.54) is 40.8 Å². The molecule has 0 amide bonds. The molecule has 100 valence electrons. The molecule has 0 aromatic carbocycles. The molecule has 0 radical (unpaired) electrons. The zero-order valence-electron chi connectivity index (χ0n) is 10.9. The third kappa shape index (κ3) is 2.42. The first-order valence-corrected chi connectivity index (χ1v) is 7.55. The van der Waals surface area contributed by atoms with Crippen LogP contribution in [0.5, 0.6) is 0 Å². The Balaban J connectivity index is 1.98. The number of hydrogen-bond donors (Lipinski definition) is 1. The van der Waals surface area contributed by atoms with Gasteiger partial charge in [0.2, 0.25) is 0 Å². The summed E-state index contributed by atoms with van der Waals surface area (Å²) in [5.74, 6) is -0.234. The van der Waals surface area contributed by atoms with E-state index in [0.717, 1.165) is 6.54 Å². The van der Waals surface area contributed by atoms with Crippen LogP contribution in [0.4, 0.5) is 4.39 Å². The van der Waals surface area contributed by atoms with Crippen molar-refractivity contribution in [1.29, 1.82) is 0 Å². The summed E-state index contributed by atoms with van der Waals surface area (Å²) in [4.78, 5) is 6.53. The number of thiophene rings is 1. The third-order valence-electron chi connectivity index (χ3n) is 3.57. The van der Waals surface area contributed by atoms with Gasteiger partial charge in [0.15, 0.2) is 0 Å². The van der Waals surface area contributed by atoms with Crippen LogP contribution in [0.3, 0.4) is 0 Å². The molecule has 0 fully saturated rings. The Morgan fingerprint density at radius 2 is 2.37 bits per heavy atom. The van der Waals surface area contributed by atoms with Crippen molar-refractivity contribution in [2.45, 2.75) is 32.2 Å². The van der Waals surface area contributed by atoms with Gasteiger partial charge in [0, 0.05) is 21.5 Å². The fourth-order valence-electron chi connectivity index (χ4n) is 2.68. The van der Waals surface area contributed by atoms with E-state index in [0.29, 0.717) is 5.56 Å². The van der Waals surface area contributed by atoms with Crippen LogP contribution >= 0.6 is 11.3 Å². The maximum atomic E-state index is 14.0. The normalized spacial score (nSPS) is 15.5. The lowest BCUT2D eigenvalue weighted by Gasteiger charge is -2.17. The Labute approximate surface area is 116 Å². The van der Waals surface area contributed by atoms with E-state index in [1.54, 1.807) is 12.3 Å². The number of hydrogen-bond acceptors (Lipinski definition) is 3. The second-order valence-corrected chi connectivity index (χ2v) is 6.01. The number of nitrogens with one attached hydrogen (secondary N) is 1. The lowest BCUT2D eigenvalue weighted by atomic mass is 10.1. The smallest absolute Gasteiger partial charge is 0.146 e. The summed E-state index contributed by atoms with van der Waals surface area (Å²) < 4.78 is 14.0. The van der Waals surface area contributed by atoms with Crippen molar-refractivity contribution in [2.75, 3.05) is 6.54 Å². The van der Waals surface area contributed by atoms with Crippen LogP contribution in [-0.2, 0) is 12.8 Å². The van der Waals surface area contributed by atoms with E-state index in [2.05, 4.69) is 16.4 Å². The minimum absolute atomic E-state index is 0.0522. The van der Waals surface area contributed by atoms with Crippen LogP contribution in [0.2, 0.25) is 0 Å². The first-order chi connectivity index (χ1) is 9.29. The number of rotatable bonds is 4. The number of nitrogens with zero attached hydrogens (tertiary/aromatic N) is 1. The van der Waals surface area contributed by atoms with Gasteiger partial charge in [-0.05, 0) is 43.5 Å². The fourth-order valence-corrected chi connectivity index (χ4v) is 4.03. The Kier molecular flexibility index (Phi) is 3.62. The number of pyridine rings is 1. The van der Waals surface area contributed by atoms with Crippen molar-refractivity contribution in [3.05, 3.63) is 51.2 Å². The molecule has 0 bridgehead atoms. The first kappa shape index (κ1) is 12.8. The quantitative estimate of drug-likeness (QED) is 0.925. The monoisotopic (exact) mass is 276 g/mol. The first-order valence-electron chi connectivity index (χ1n) is 6.74. The standard InChI is InChI=1S/C15H17FN2S/c1-2-18-15(11-6-7-17-9-12(11)16)14-8-10-4-3-5-13(10)19-14/h6-9,15,18H,2-5H2,1H3. The second-order valence-electron chi connectivity index (χ2n) is 4.84. The van der Waals surface area contributed by atoms with E-state index >= 15 is 0 Å². The van der Waals surface area contributed by atoms with Gasteiger partial charge >= 0.3 is 0 Å². The minimum Gasteiger partial charge on any atom is -0.306 e. The molecule has 2 aromatic heterocycles. The summed E-state index contributed by atoms with van der Waals surface area (Å²) in [5, 5.41) is 3.39. The maximum absolute atomic E-state index is 14.0. The highest BCUT2D eigenvalue weighted by Crippen LogP contribution is 2.36. The van der Waals surface area contributed by atoms with Crippen LogP contribution in [-0.4, -0.2) is 11.5 Å². The molecular formula is C15H17FN2S. The van der Waals surface area contributed by atoms with Gasteiger partial charge in [-0.2, -0.15) is 0 Å². The van der Waals surface area contributed by atoms with Crippen LogP contribution < -0.4 is 5.32 Å². The van der Waals surface area contributed by atoms with Crippen LogP contribution in [0.1, 0.15) is 40.3 Å². The van der Waals surface area contributed by atoms with Gasteiger partial charge in [0.1, 0.15) is 5.82 Å². The summed E-state index contributed by atoms with van der Waals surface area (Å²) in [6, 6.07) is 3.97. The summed E-state index contributed by atoms with van der Waals surface area (Å²) >= 11 is 1.82. The van der Waals surface area contributed by atoms with Crippen molar-refractivity contribution in [3.8, 4) is 0 Å². The zero-order chi connectivity index (χ0) is 13.2. The van der Waals surface area contributed by atoms with Crippen molar-refractivity contribution < 1.29 is 4.39 Å². The van der Waals surface area contributed by atoms with Gasteiger partial charge in [-0.1, -0.05) is 6.92 Å². The molecule has 1 N–H and O–H groups in total. The molecule has 3 rings (SSSR count). The molecule has 0 saturated carbocycles. The SMILES string of the molecule is CCNC(c1cc2c(s1)CCC2)c1ccncc1F. The van der Waals surface area contributed by atoms with Gasteiger partial charge in [-0.25, -0.2) is 4.39 Å². The minimum atomic E-state index is -0.234. The van der Waals surface area contributed by atoms with Crippen molar-refractivity contribution in [3.63, 3.8) is 0 Å². The number of fused-ring (bicyclic) bond motifs is 1. The van der Waals surface area contributed by atoms with Crippen molar-refractivity contribution in [1.82, 2.24) is 10.3 Å². The number of aromatic nitrogens is 1. The highest BCUT2D eigenvalue weighted by Gasteiger charge is 2.22.